The maximum absolute atomic E-state index is 9.04. The van der Waals surface area contributed by atoms with E-state index in [1.54, 1.807) is 0 Å². The van der Waals surface area contributed by atoms with Gasteiger partial charge in [-0.2, -0.15) is 0 Å². The zero-order valence-corrected chi connectivity index (χ0v) is 13.3. The lowest BCUT2D eigenvalue weighted by Crippen LogP contribution is -2.00. The largest absolute Gasteiger partial charge is 0.390 e. The summed E-state index contributed by atoms with van der Waals surface area (Å²) >= 11 is 1.54. The molecule has 2 heterocycles. The fourth-order valence-electron chi connectivity index (χ4n) is 2.11. The van der Waals surface area contributed by atoms with Crippen LogP contribution >= 0.6 is 11.3 Å². The molecule has 0 spiro atoms. The summed E-state index contributed by atoms with van der Waals surface area (Å²) in [5.74, 6) is 1.73. The van der Waals surface area contributed by atoms with E-state index in [2.05, 4.69) is 20.5 Å². The number of aliphatic hydroxyl groups is 1. The van der Waals surface area contributed by atoms with Crippen LogP contribution in [-0.2, 0) is 20.2 Å². The van der Waals surface area contributed by atoms with Gasteiger partial charge in [0.25, 0.3) is 0 Å². The summed E-state index contributed by atoms with van der Waals surface area (Å²) in [6.45, 7) is 2.54. The minimum Gasteiger partial charge on any atom is -0.390 e. The molecule has 3 rings (SSSR count). The van der Waals surface area contributed by atoms with Gasteiger partial charge in [-0.15, -0.1) is 21.5 Å². The third-order valence-corrected chi connectivity index (χ3v) is 4.32. The first-order valence-electron chi connectivity index (χ1n) is 6.92. The number of hydrogen-bond donors (Lipinski definition) is 2. The maximum Gasteiger partial charge on any atom is 0.163 e. The Kier molecular flexibility index (Phi) is 4.17. The zero-order valence-electron chi connectivity index (χ0n) is 12.4. The Hall–Kier alpha value is -2.25. The lowest BCUT2D eigenvalue weighted by Gasteiger charge is -2.07. The van der Waals surface area contributed by atoms with Crippen LogP contribution in [0.15, 0.2) is 29.6 Å². The summed E-state index contributed by atoms with van der Waals surface area (Å²) < 4.78 is 1.97. The molecule has 22 heavy (non-hydrogen) atoms. The van der Waals surface area contributed by atoms with Gasteiger partial charge in [0.15, 0.2) is 5.82 Å². The summed E-state index contributed by atoms with van der Waals surface area (Å²) in [4.78, 5) is 4.32. The van der Waals surface area contributed by atoms with Crippen molar-refractivity contribution in [2.45, 2.75) is 20.1 Å². The monoisotopic (exact) mass is 315 g/mol. The first-order valence-corrected chi connectivity index (χ1v) is 7.80. The number of thiazole rings is 1. The van der Waals surface area contributed by atoms with E-state index in [0.29, 0.717) is 12.2 Å². The van der Waals surface area contributed by atoms with Gasteiger partial charge in [0.05, 0.1) is 18.8 Å². The summed E-state index contributed by atoms with van der Waals surface area (Å²) in [5.41, 5.74) is 2.73. The molecule has 0 radical (unpaired) electrons. The molecular formula is C15H17N5OS. The van der Waals surface area contributed by atoms with Crippen molar-refractivity contribution in [1.29, 1.82) is 0 Å². The summed E-state index contributed by atoms with van der Waals surface area (Å²) in [6.07, 6.45) is 0. The average molecular weight is 315 g/mol. The first kappa shape index (κ1) is 14.7. The molecule has 0 fully saturated rings. The van der Waals surface area contributed by atoms with Crippen molar-refractivity contribution < 1.29 is 5.11 Å². The van der Waals surface area contributed by atoms with E-state index in [1.807, 2.05) is 48.2 Å². The molecule has 0 unspecified atom stereocenters. The van der Waals surface area contributed by atoms with Crippen LogP contribution in [0, 0.1) is 6.92 Å². The molecule has 0 aliphatic carbocycles. The molecule has 3 aromatic rings. The number of rotatable bonds is 5. The molecule has 0 amide bonds. The van der Waals surface area contributed by atoms with Gasteiger partial charge < -0.3 is 15.0 Å². The number of aliphatic hydroxyl groups excluding tert-OH is 1. The highest BCUT2D eigenvalue weighted by molar-refractivity contribution is 7.09. The zero-order chi connectivity index (χ0) is 15.5. The second kappa shape index (κ2) is 6.25. The predicted molar refractivity (Wildman–Crippen MR) is 86.5 cm³/mol. The van der Waals surface area contributed by atoms with Gasteiger partial charge in [0, 0.05) is 23.7 Å². The Bertz CT molecular complexity index is 780. The van der Waals surface area contributed by atoms with Gasteiger partial charge in [-0.1, -0.05) is 12.1 Å². The third-order valence-electron chi connectivity index (χ3n) is 3.42. The Morgan fingerprint density at radius 2 is 2.18 bits per heavy atom. The Morgan fingerprint density at radius 3 is 2.86 bits per heavy atom. The van der Waals surface area contributed by atoms with E-state index in [4.69, 9.17) is 5.11 Å². The molecule has 0 bridgehead atoms. The van der Waals surface area contributed by atoms with Crippen LogP contribution in [0.4, 0.5) is 5.69 Å². The topological polar surface area (TPSA) is 75.9 Å². The second-order valence-corrected chi connectivity index (χ2v) is 5.90. The van der Waals surface area contributed by atoms with Gasteiger partial charge in [0.1, 0.15) is 10.8 Å². The molecule has 1 aromatic carbocycles. The quantitative estimate of drug-likeness (QED) is 0.756. The normalized spacial score (nSPS) is 10.9. The van der Waals surface area contributed by atoms with Crippen molar-refractivity contribution in [1.82, 2.24) is 19.7 Å². The summed E-state index contributed by atoms with van der Waals surface area (Å²) in [6, 6.07) is 8.06. The lowest BCUT2D eigenvalue weighted by molar-refractivity contribution is 0.277. The average Bonchev–Trinajstić information content (AvgIpc) is 3.13. The standard InChI is InChI=1S/C15H17N5OS/c1-10-18-19-15(20(10)2)11-4-3-5-12(6-11)16-7-14-17-13(8-21)9-22-14/h3-6,9,16,21H,7-8H2,1-2H3. The first-order chi connectivity index (χ1) is 10.7. The molecule has 0 aliphatic rings. The molecule has 0 saturated carbocycles. The van der Waals surface area contributed by atoms with Crippen LogP contribution < -0.4 is 5.32 Å². The molecule has 6 nitrogen and oxygen atoms in total. The van der Waals surface area contributed by atoms with Gasteiger partial charge in [-0.25, -0.2) is 4.98 Å². The molecule has 2 N–H and O–H groups in total. The van der Waals surface area contributed by atoms with E-state index < -0.39 is 0 Å². The van der Waals surface area contributed by atoms with Crippen LogP contribution in [0.2, 0.25) is 0 Å². The number of hydrogen-bond acceptors (Lipinski definition) is 6. The van der Waals surface area contributed by atoms with Crippen molar-refractivity contribution in [2.75, 3.05) is 5.32 Å². The summed E-state index contributed by atoms with van der Waals surface area (Å²) in [7, 11) is 1.96. The van der Waals surface area contributed by atoms with E-state index in [0.717, 1.165) is 27.9 Å². The number of aromatic nitrogens is 4. The number of aryl methyl sites for hydroxylation is 1. The van der Waals surface area contributed by atoms with Crippen LogP contribution in [0.5, 0.6) is 0 Å². The molecule has 0 saturated heterocycles. The van der Waals surface area contributed by atoms with Gasteiger partial charge in [-0.3, -0.25) is 0 Å². The highest BCUT2D eigenvalue weighted by Gasteiger charge is 2.08. The number of nitrogens with one attached hydrogen (secondary N) is 1. The van der Waals surface area contributed by atoms with Crippen molar-refractivity contribution in [2.24, 2.45) is 7.05 Å². The van der Waals surface area contributed by atoms with Crippen LogP contribution in [0.3, 0.4) is 0 Å². The molecular weight excluding hydrogens is 298 g/mol. The fourth-order valence-corrected chi connectivity index (χ4v) is 2.83. The molecule has 114 valence electrons. The highest BCUT2D eigenvalue weighted by atomic mass is 32.1. The van der Waals surface area contributed by atoms with Gasteiger partial charge in [0.2, 0.25) is 0 Å². The Morgan fingerprint density at radius 1 is 1.32 bits per heavy atom. The molecule has 2 aromatic heterocycles. The highest BCUT2D eigenvalue weighted by Crippen LogP contribution is 2.21. The predicted octanol–water partition coefficient (Wildman–Crippen LogP) is 2.35. The number of nitrogens with zero attached hydrogens (tertiary/aromatic N) is 4. The van der Waals surface area contributed by atoms with E-state index in [-0.39, 0.29) is 6.61 Å². The smallest absolute Gasteiger partial charge is 0.163 e. The number of benzene rings is 1. The van der Waals surface area contributed by atoms with E-state index in [1.165, 1.54) is 11.3 Å². The minimum atomic E-state index is -0.0164. The molecule has 7 heteroatoms. The molecule has 0 atom stereocenters. The molecule has 0 aliphatic heterocycles. The van der Waals surface area contributed by atoms with Gasteiger partial charge >= 0.3 is 0 Å². The van der Waals surface area contributed by atoms with Crippen LogP contribution in [0.1, 0.15) is 16.5 Å². The maximum atomic E-state index is 9.04. The third kappa shape index (κ3) is 3.00. The van der Waals surface area contributed by atoms with Crippen molar-refractivity contribution >= 4 is 17.0 Å². The van der Waals surface area contributed by atoms with Crippen LogP contribution in [-0.4, -0.2) is 24.9 Å². The second-order valence-electron chi connectivity index (χ2n) is 4.95. The van der Waals surface area contributed by atoms with Crippen molar-refractivity contribution in [3.63, 3.8) is 0 Å². The van der Waals surface area contributed by atoms with E-state index >= 15 is 0 Å². The minimum absolute atomic E-state index is 0.0164. The SMILES string of the molecule is Cc1nnc(-c2cccc(NCc3nc(CO)cs3)c2)n1C. The fraction of sp³-hybridized carbons (Fsp3) is 0.267. The van der Waals surface area contributed by atoms with Crippen LogP contribution in [0.25, 0.3) is 11.4 Å². The van der Waals surface area contributed by atoms with E-state index in [9.17, 15) is 0 Å². The number of anilines is 1. The Labute approximate surface area is 132 Å². The summed E-state index contributed by atoms with van der Waals surface area (Å²) in [5, 5.41) is 23.5. The van der Waals surface area contributed by atoms with Crippen molar-refractivity contribution in [3.8, 4) is 11.4 Å². The lowest BCUT2D eigenvalue weighted by atomic mass is 10.2. The van der Waals surface area contributed by atoms with Gasteiger partial charge in [-0.05, 0) is 19.1 Å². The van der Waals surface area contributed by atoms with Crippen molar-refractivity contribution in [3.05, 3.63) is 46.2 Å². The Balaban J connectivity index is 1.75.